The molecule has 0 radical (unpaired) electrons. The van der Waals surface area contributed by atoms with Crippen molar-refractivity contribution in [2.45, 2.75) is 13.5 Å². The summed E-state index contributed by atoms with van der Waals surface area (Å²) in [5.41, 5.74) is 0. The molecule has 0 bridgehead atoms. The Hall–Kier alpha value is -1.43. The topological polar surface area (TPSA) is 62.3 Å². The molecule has 0 spiro atoms. The number of hydrogen-bond acceptors (Lipinski definition) is 4. The summed E-state index contributed by atoms with van der Waals surface area (Å²) < 4.78 is 0. The van der Waals surface area contributed by atoms with Gasteiger partial charge < -0.3 is 5.32 Å². The third-order valence-electron chi connectivity index (χ3n) is 1.92. The molecule has 0 atom stereocenters. The average molecular weight is 211 g/mol. The summed E-state index contributed by atoms with van der Waals surface area (Å²) in [6.45, 7) is 2.33. The molecule has 0 unspecified atom stereocenters. The van der Waals surface area contributed by atoms with Crippen molar-refractivity contribution in [2.75, 3.05) is 6.54 Å². The van der Waals surface area contributed by atoms with E-state index >= 15 is 0 Å². The van der Waals surface area contributed by atoms with Gasteiger partial charge in [0.1, 0.15) is 0 Å². The molecule has 5 nitrogen and oxygen atoms in total. The van der Waals surface area contributed by atoms with Crippen LogP contribution >= 0.6 is 11.3 Å². The average Bonchev–Trinajstić information content (AvgIpc) is 2.67. The quantitative estimate of drug-likeness (QED) is 0.725. The number of carbonyl (C=O) groups is 2. The van der Waals surface area contributed by atoms with Crippen LogP contribution in [0.5, 0.6) is 0 Å². The molecule has 6 heteroatoms. The van der Waals surface area contributed by atoms with Gasteiger partial charge in [-0.1, -0.05) is 0 Å². The van der Waals surface area contributed by atoms with Gasteiger partial charge in [0.15, 0.2) is 0 Å². The lowest BCUT2D eigenvalue weighted by Gasteiger charge is -2.09. The third-order valence-corrected chi connectivity index (χ3v) is 2.82. The standard InChI is InChI=1S/C8H9N3O2S/c1-5-9-2-6(14-5)4-11-7(12)3-10-8(11)13/h2H,3-4H2,1H3,(H,10,13). The van der Waals surface area contributed by atoms with E-state index in [1.807, 2.05) is 6.92 Å². The highest BCUT2D eigenvalue weighted by molar-refractivity contribution is 7.11. The molecule has 1 aromatic heterocycles. The first-order valence-corrected chi connectivity index (χ1v) is 4.98. The lowest BCUT2D eigenvalue weighted by atomic mass is 10.4. The lowest BCUT2D eigenvalue weighted by Crippen LogP contribution is -2.29. The highest BCUT2D eigenvalue weighted by Gasteiger charge is 2.28. The van der Waals surface area contributed by atoms with Gasteiger partial charge in [0.05, 0.1) is 18.1 Å². The van der Waals surface area contributed by atoms with E-state index in [2.05, 4.69) is 10.3 Å². The summed E-state index contributed by atoms with van der Waals surface area (Å²) in [6, 6.07) is -0.318. The molecule has 2 rings (SSSR count). The molecule has 3 amide bonds. The van der Waals surface area contributed by atoms with Crippen molar-refractivity contribution in [3.05, 3.63) is 16.1 Å². The van der Waals surface area contributed by atoms with Gasteiger partial charge >= 0.3 is 6.03 Å². The minimum atomic E-state index is -0.318. The van der Waals surface area contributed by atoms with Crippen molar-refractivity contribution in [2.24, 2.45) is 0 Å². The largest absolute Gasteiger partial charge is 0.329 e. The first-order valence-electron chi connectivity index (χ1n) is 4.16. The van der Waals surface area contributed by atoms with Crippen LogP contribution in [0.3, 0.4) is 0 Å². The maximum absolute atomic E-state index is 11.2. The molecule has 1 aliphatic rings. The van der Waals surface area contributed by atoms with Crippen molar-refractivity contribution in [1.82, 2.24) is 15.2 Å². The van der Waals surface area contributed by atoms with Crippen LogP contribution < -0.4 is 5.32 Å². The van der Waals surface area contributed by atoms with Crippen LogP contribution in [0.1, 0.15) is 9.88 Å². The van der Waals surface area contributed by atoms with Crippen molar-refractivity contribution < 1.29 is 9.59 Å². The molecule has 1 saturated heterocycles. The molecule has 2 heterocycles. The molecule has 1 aliphatic heterocycles. The van der Waals surface area contributed by atoms with E-state index < -0.39 is 0 Å². The number of aromatic nitrogens is 1. The van der Waals surface area contributed by atoms with Gasteiger partial charge in [-0.15, -0.1) is 11.3 Å². The number of nitrogens with one attached hydrogen (secondary N) is 1. The molecule has 0 aromatic carbocycles. The van der Waals surface area contributed by atoms with E-state index in [0.29, 0.717) is 6.54 Å². The minimum Gasteiger partial charge on any atom is -0.329 e. The molecule has 14 heavy (non-hydrogen) atoms. The van der Waals surface area contributed by atoms with Gasteiger partial charge in [0, 0.05) is 11.1 Å². The molecular formula is C8H9N3O2S. The van der Waals surface area contributed by atoms with E-state index in [0.717, 1.165) is 9.88 Å². The van der Waals surface area contributed by atoms with Gasteiger partial charge in [-0.3, -0.25) is 9.69 Å². The summed E-state index contributed by atoms with van der Waals surface area (Å²) in [6.07, 6.45) is 1.69. The van der Waals surface area contributed by atoms with Crippen molar-refractivity contribution in [3.8, 4) is 0 Å². The maximum atomic E-state index is 11.2. The van der Waals surface area contributed by atoms with E-state index in [1.165, 1.54) is 16.2 Å². The number of aryl methyl sites for hydroxylation is 1. The summed E-state index contributed by atoms with van der Waals surface area (Å²) in [5.74, 6) is -0.180. The van der Waals surface area contributed by atoms with Gasteiger partial charge in [-0.05, 0) is 6.92 Å². The Bertz CT molecular complexity index is 372. The molecule has 74 valence electrons. The summed E-state index contributed by atoms with van der Waals surface area (Å²) in [4.78, 5) is 28.6. The highest BCUT2D eigenvalue weighted by Crippen LogP contribution is 2.15. The van der Waals surface area contributed by atoms with Crippen molar-refractivity contribution in [3.63, 3.8) is 0 Å². The van der Waals surface area contributed by atoms with Gasteiger partial charge in [0.2, 0.25) is 5.91 Å². The van der Waals surface area contributed by atoms with E-state index in [4.69, 9.17) is 0 Å². The van der Waals surface area contributed by atoms with Crippen LogP contribution in [-0.4, -0.2) is 28.4 Å². The zero-order chi connectivity index (χ0) is 10.1. The number of imide groups is 1. The smallest absolute Gasteiger partial charge is 0.324 e. The Balaban J connectivity index is 2.10. The maximum Gasteiger partial charge on any atom is 0.324 e. The Morgan fingerprint density at radius 2 is 2.43 bits per heavy atom. The Kier molecular flexibility index (Phi) is 2.20. The molecular weight excluding hydrogens is 202 g/mol. The Morgan fingerprint density at radius 1 is 1.64 bits per heavy atom. The number of nitrogens with zero attached hydrogens (tertiary/aromatic N) is 2. The number of urea groups is 1. The SMILES string of the molecule is Cc1ncc(CN2C(=O)CNC2=O)s1. The fraction of sp³-hybridized carbons (Fsp3) is 0.375. The fourth-order valence-electron chi connectivity index (χ4n) is 1.25. The second-order valence-electron chi connectivity index (χ2n) is 2.98. The van der Waals surface area contributed by atoms with Crippen LogP contribution in [0.25, 0.3) is 0 Å². The monoisotopic (exact) mass is 211 g/mol. The van der Waals surface area contributed by atoms with E-state index in [-0.39, 0.29) is 18.5 Å². The van der Waals surface area contributed by atoms with E-state index in [9.17, 15) is 9.59 Å². The van der Waals surface area contributed by atoms with Gasteiger partial charge in [-0.2, -0.15) is 0 Å². The predicted molar refractivity (Wildman–Crippen MR) is 50.8 cm³/mol. The summed E-state index contributed by atoms with van der Waals surface area (Å²) >= 11 is 1.49. The number of amides is 3. The Labute approximate surface area is 84.7 Å². The molecule has 0 aliphatic carbocycles. The van der Waals surface area contributed by atoms with Crippen molar-refractivity contribution in [1.29, 1.82) is 0 Å². The molecule has 1 aromatic rings. The third kappa shape index (κ3) is 1.60. The zero-order valence-corrected chi connectivity index (χ0v) is 8.43. The Morgan fingerprint density at radius 3 is 2.93 bits per heavy atom. The normalized spacial score (nSPS) is 16.2. The molecule has 1 fully saturated rings. The minimum absolute atomic E-state index is 0.108. The summed E-state index contributed by atoms with van der Waals surface area (Å²) in [5, 5.41) is 3.41. The fourth-order valence-corrected chi connectivity index (χ4v) is 2.03. The van der Waals surface area contributed by atoms with Crippen LogP contribution in [0, 0.1) is 6.92 Å². The van der Waals surface area contributed by atoms with Crippen LogP contribution in [0.4, 0.5) is 4.79 Å². The number of thiazole rings is 1. The molecule has 0 saturated carbocycles. The predicted octanol–water partition coefficient (Wildman–Crippen LogP) is 0.503. The zero-order valence-electron chi connectivity index (χ0n) is 7.61. The van der Waals surface area contributed by atoms with Crippen LogP contribution in [-0.2, 0) is 11.3 Å². The van der Waals surface area contributed by atoms with Crippen LogP contribution in [0.2, 0.25) is 0 Å². The van der Waals surface area contributed by atoms with Gasteiger partial charge in [-0.25, -0.2) is 9.78 Å². The highest BCUT2D eigenvalue weighted by atomic mass is 32.1. The first-order chi connectivity index (χ1) is 6.66. The van der Waals surface area contributed by atoms with Crippen molar-refractivity contribution >= 4 is 23.3 Å². The number of hydrogen-bond donors (Lipinski definition) is 1. The second-order valence-corrected chi connectivity index (χ2v) is 4.30. The van der Waals surface area contributed by atoms with Crippen LogP contribution in [0.15, 0.2) is 6.20 Å². The summed E-state index contributed by atoms with van der Waals surface area (Å²) in [7, 11) is 0. The lowest BCUT2D eigenvalue weighted by molar-refractivity contribution is -0.125. The molecule has 1 N–H and O–H groups in total. The van der Waals surface area contributed by atoms with Gasteiger partial charge in [0.25, 0.3) is 0 Å². The van der Waals surface area contributed by atoms with E-state index in [1.54, 1.807) is 6.20 Å². The number of carbonyl (C=O) groups excluding carboxylic acids is 2. The number of rotatable bonds is 2. The second kappa shape index (κ2) is 3.38. The first kappa shape index (κ1) is 9.14.